The maximum Gasteiger partial charge on any atom is 0.413 e. The van der Waals surface area contributed by atoms with Crippen LogP contribution in [0.4, 0.5) is 15.0 Å². The minimum atomic E-state index is -1.10. The Kier molecular flexibility index (Phi) is 6.68. The quantitative estimate of drug-likeness (QED) is 0.272. The van der Waals surface area contributed by atoms with E-state index in [-0.39, 0.29) is 24.6 Å². The van der Waals surface area contributed by atoms with Crippen molar-refractivity contribution < 1.29 is 28.2 Å². The molecule has 1 rings (SSSR count). The zero-order chi connectivity index (χ0) is 16.5. The number of hydrogen-bond donors (Lipinski definition) is 1. The predicted octanol–water partition coefficient (Wildman–Crippen LogP) is 2.09. The third-order valence-corrected chi connectivity index (χ3v) is 2.32. The van der Waals surface area contributed by atoms with Crippen molar-refractivity contribution in [3.63, 3.8) is 0 Å². The number of esters is 1. The van der Waals surface area contributed by atoms with Crippen molar-refractivity contribution in [1.82, 2.24) is 4.98 Å². The summed E-state index contributed by atoms with van der Waals surface area (Å²) in [5, 5.41) is 2.18. The van der Waals surface area contributed by atoms with Crippen LogP contribution in [0.3, 0.4) is 0 Å². The lowest BCUT2D eigenvalue weighted by Crippen LogP contribution is -2.16. The van der Waals surface area contributed by atoms with E-state index in [0.29, 0.717) is 0 Å². The number of halogens is 1. The molecule has 0 bridgehead atoms. The Bertz CT molecular complexity index is 589. The highest BCUT2D eigenvalue weighted by atomic mass is 19.1. The monoisotopic (exact) mass is 310 g/mol. The zero-order valence-electron chi connectivity index (χ0n) is 11.9. The fourth-order valence-electron chi connectivity index (χ4n) is 1.43. The number of ether oxygens (including phenoxy) is 2. The summed E-state index contributed by atoms with van der Waals surface area (Å²) in [6, 6.07) is 2.34. The van der Waals surface area contributed by atoms with E-state index in [0.717, 1.165) is 6.07 Å². The van der Waals surface area contributed by atoms with Crippen LogP contribution >= 0.6 is 0 Å². The summed E-state index contributed by atoms with van der Waals surface area (Å²) in [7, 11) is 0. The first-order valence-corrected chi connectivity index (χ1v) is 6.38. The van der Waals surface area contributed by atoms with E-state index in [1.54, 1.807) is 6.92 Å². The van der Waals surface area contributed by atoms with E-state index < -0.39 is 30.2 Å². The highest BCUT2D eigenvalue weighted by molar-refractivity contribution is 6.06. The number of hydrogen-bond acceptors (Lipinski definition) is 6. The van der Waals surface area contributed by atoms with Gasteiger partial charge in [0.25, 0.3) is 0 Å². The number of aromatic nitrogens is 1. The zero-order valence-corrected chi connectivity index (χ0v) is 11.9. The molecule has 22 heavy (non-hydrogen) atoms. The van der Waals surface area contributed by atoms with Crippen LogP contribution in [-0.4, -0.2) is 36.0 Å². The fraction of sp³-hybridized carbons (Fsp3) is 0.286. The first-order chi connectivity index (χ1) is 10.5. The Hall–Kier alpha value is -2.77. The summed E-state index contributed by atoms with van der Waals surface area (Å²) in [6.07, 6.45) is -0.0527. The van der Waals surface area contributed by atoms with Crippen LogP contribution in [0.15, 0.2) is 24.8 Å². The number of anilines is 1. The van der Waals surface area contributed by atoms with Gasteiger partial charge < -0.3 is 9.47 Å². The molecule has 7 nitrogen and oxygen atoms in total. The molecular weight excluding hydrogens is 295 g/mol. The number of Topliss-reactive ketones (excluding diaryl/α,β-unsaturated/α-hetero) is 1. The number of nitrogens with zero attached hydrogens (tertiary/aromatic N) is 1. The lowest BCUT2D eigenvalue weighted by atomic mass is 10.1. The lowest BCUT2D eigenvalue weighted by molar-refractivity contribution is -0.141. The maximum atomic E-state index is 13.7. The predicted molar refractivity (Wildman–Crippen MR) is 74.9 cm³/mol. The molecule has 118 valence electrons. The van der Waals surface area contributed by atoms with Crippen molar-refractivity contribution in [3.8, 4) is 0 Å². The minimum Gasteiger partial charge on any atom is -0.466 e. The molecule has 1 aromatic rings. The van der Waals surface area contributed by atoms with Crippen molar-refractivity contribution in [1.29, 1.82) is 0 Å². The molecule has 0 saturated carbocycles. The normalized spacial score (nSPS) is 9.73. The smallest absolute Gasteiger partial charge is 0.413 e. The van der Waals surface area contributed by atoms with Gasteiger partial charge in [0.1, 0.15) is 18.8 Å². The first kappa shape index (κ1) is 17.3. The van der Waals surface area contributed by atoms with Crippen LogP contribution in [0.2, 0.25) is 0 Å². The van der Waals surface area contributed by atoms with Gasteiger partial charge in [0.15, 0.2) is 5.78 Å². The van der Waals surface area contributed by atoms with E-state index in [1.165, 1.54) is 12.1 Å². The topological polar surface area (TPSA) is 94.6 Å². The van der Waals surface area contributed by atoms with E-state index in [1.807, 2.05) is 0 Å². The van der Waals surface area contributed by atoms with Gasteiger partial charge >= 0.3 is 12.1 Å². The molecule has 0 unspecified atom stereocenters. The third-order valence-electron chi connectivity index (χ3n) is 2.32. The Balaban J connectivity index is 2.72. The SMILES string of the molecule is C=CCOC(=O)Nc1ccc(C(=O)CC(=O)OCC)c(F)n1. The molecule has 1 heterocycles. The molecule has 1 amide bonds. The van der Waals surface area contributed by atoms with Crippen molar-refractivity contribution >= 4 is 23.7 Å². The van der Waals surface area contributed by atoms with Crippen LogP contribution in [0, 0.1) is 5.95 Å². The highest BCUT2D eigenvalue weighted by Crippen LogP contribution is 2.13. The van der Waals surface area contributed by atoms with E-state index in [4.69, 9.17) is 0 Å². The summed E-state index contributed by atoms with van der Waals surface area (Å²) >= 11 is 0. The molecule has 0 atom stereocenters. The lowest BCUT2D eigenvalue weighted by Gasteiger charge is -2.06. The molecule has 0 saturated heterocycles. The number of nitrogens with one attached hydrogen (secondary N) is 1. The van der Waals surface area contributed by atoms with Gasteiger partial charge in [-0.3, -0.25) is 14.9 Å². The number of rotatable bonds is 7. The van der Waals surface area contributed by atoms with Gasteiger partial charge in [-0.1, -0.05) is 12.7 Å². The Labute approximate surface area is 126 Å². The summed E-state index contributed by atoms with van der Waals surface area (Å²) in [6.45, 7) is 5.08. The van der Waals surface area contributed by atoms with Gasteiger partial charge in [0.2, 0.25) is 5.95 Å². The van der Waals surface area contributed by atoms with Crippen molar-refractivity contribution in [3.05, 3.63) is 36.3 Å². The van der Waals surface area contributed by atoms with Gasteiger partial charge in [-0.2, -0.15) is 4.39 Å². The summed E-state index contributed by atoms with van der Waals surface area (Å²) < 4.78 is 23.0. The Morgan fingerprint density at radius 1 is 1.36 bits per heavy atom. The van der Waals surface area contributed by atoms with E-state index >= 15 is 0 Å². The van der Waals surface area contributed by atoms with Gasteiger partial charge in [-0.15, -0.1) is 0 Å². The summed E-state index contributed by atoms with van der Waals surface area (Å²) in [4.78, 5) is 37.6. The van der Waals surface area contributed by atoms with Crippen LogP contribution < -0.4 is 5.32 Å². The summed E-state index contributed by atoms with van der Waals surface area (Å²) in [5.41, 5.74) is -0.363. The van der Waals surface area contributed by atoms with E-state index in [9.17, 15) is 18.8 Å². The second-order valence-electron chi connectivity index (χ2n) is 3.95. The Morgan fingerprint density at radius 2 is 2.09 bits per heavy atom. The fourth-order valence-corrected chi connectivity index (χ4v) is 1.43. The van der Waals surface area contributed by atoms with Crippen LogP contribution in [0.5, 0.6) is 0 Å². The van der Waals surface area contributed by atoms with Crippen molar-refractivity contribution in [2.45, 2.75) is 13.3 Å². The van der Waals surface area contributed by atoms with Gasteiger partial charge in [-0.05, 0) is 19.1 Å². The third kappa shape index (κ3) is 5.31. The largest absolute Gasteiger partial charge is 0.466 e. The van der Waals surface area contributed by atoms with Gasteiger partial charge in [-0.25, -0.2) is 9.78 Å². The number of amides is 1. The van der Waals surface area contributed by atoms with Crippen LogP contribution in [0.25, 0.3) is 0 Å². The number of pyridine rings is 1. The average molecular weight is 310 g/mol. The van der Waals surface area contributed by atoms with E-state index in [2.05, 4.69) is 26.4 Å². The second-order valence-corrected chi connectivity index (χ2v) is 3.95. The molecule has 8 heteroatoms. The molecule has 0 aliphatic heterocycles. The van der Waals surface area contributed by atoms with Crippen LogP contribution in [0.1, 0.15) is 23.7 Å². The maximum absolute atomic E-state index is 13.7. The molecule has 0 spiro atoms. The molecule has 1 aromatic heterocycles. The molecule has 0 aliphatic rings. The van der Waals surface area contributed by atoms with Gasteiger partial charge in [0.05, 0.1) is 12.2 Å². The molecule has 0 aromatic carbocycles. The number of carbonyl (C=O) groups is 3. The van der Waals surface area contributed by atoms with Gasteiger partial charge in [0, 0.05) is 0 Å². The van der Waals surface area contributed by atoms with Crippen molar-refractivity contribution in [2.75, 3.05) is 18.5 Å². The first-order valence-electron chi connectivity index (χ1n) is 6.38. The number of carbonyl (C=O) groups excluding carboxylic acids is 3. The average Bonchev–Trinajstić information content (AvgIpc) is 2.45. The van der Waals surface area contributed by atoms with Crippen molar-refractivity contribution in [2.24, 2.45) is 0 Å². The summed E-state index contributed by atoms with van der Waals surface area (Å²) in [5.74, 6) is -2.73. The van der Waals surface area contributed by atoms with Crippen LogP contribution in [-0.2, 0) is 14.3 Å². The Morgan fingerprint density at radius 3 is 2.68 bits per heavy atom. The molecular formula is C14H15FN2O5. The molecule has 1 N–H and O–H groups in total. The minimum absolute atomic E-state index is 0.00950. The second kappa shape index (κ2) is 8.50. The highest BCUT2D eigenvalue weighted by Gasteiger charge is 2.18. The number of ketones is 1. The molecule has 0 radical (unpaired) electrons. The standard InChI is InChI=1S/C14H15FN2O5/c1-3-7-22-14(20)17-11-6-5-9(13(15)16-11)10(18)8-12(19)21-4-2/h3,5-6H,1,4,7-8H2,2H3,(H,16,17,20). The molecule has 0 fully saturated rings. The molecule has 0 aliphatic carbocycles.